The van der Waals surface area contributed by atoms with Gasteiger partial charge in [-0.2, -0.15) is 13.2 Å². The number of hydrogen-bond donors (Lipinski definition) is 2. The number of nitrogen functional groups attached to an aromatic ring is 1. The lowest BCUT2D eigenvalue weighted by atomic mass is 9.94. The fraction of sp³-hybridized carbons (Fsp3) is 0.107. The number of aryl methyl sites for hydroxylation is 1. The molecule has 0 unspecified atom stereocenters. The highest BCUT2D eigenvalue weighted by Gasteiger charge is 2.31. The highest BCUT2D eigenvalue weighted by Crippen LogP contribution is 2.44. The Bertz CT molecular complexity index is 1710. The van der Waals surface area contributed by atoms with Crippen LogP contribution in [-0.2, 0) is 6.18 Å². The quantitative estimate of drug-likeness (QED) is 0.290. The van der Waals surface area contributed by atoms with Crippen molar-refractivity contribution in [3.63, 3.8) is 0 Å². The van der Waals surface area contributed by atoms with Gasteiger partial charge < -0.3 is 15.8 Å². The normalized spacial score (nSPS) is 11.4. The van der Waals surface area contributed by atoms with Crippen LogP contribution in [0.2, 0.25) is 0 Å². The lowest BCUT2D eigenvalue weighted by Crippen LogP contribution is -2.14. The number of amides is 1. The average Bonchev–Trinajstić information content (AvgIpc) is 2.93. The van der Waals surface area contributed by atoms with Crippen molar-refractivity contribution >= 4 is 28.4 Å². The lowest BCUT2D eigenvalue weighted by molar-refractivity contribution is -0.137. The maximum atomic E-state index is 13.1. The molecule has 11 heteroatoms. The number of fused-ring (bicyclic) bond motifs is 1. The standard InChI is InChI=1S/C28H21F3N6O2/c1-15-7-8-19(36-26(38)16-5-3-6-18(11-16)28(29,30)31)13-20(15)21-12-17-14-35-27(32)37-23(17)22(24(21)39-2)25-33-9-4-10-34-25/h3-14H,1-2H3,(H,36,38)(H2,32,35,37). The molecule has 1 amide bonds. The molecule has 0 radical (unpaired) electrons. The van der Waals surface area contributed by atoms with Crippen LogP contribution in [0.1, 0.15) is 21.5 Å². The van der Waals surface area contributed by atoms with Crippen LogP contribution < -0.4 is 15.8 Å². The number of anilines is 2. The molecular formula is C28H21F3N6O2. The Morgan fingerprint density at radius 2 is 1.74 bits per heavy atom. The van der Waals surface area contributed by atoms with Crippen LogP contribution >= 0.6 is 0 Å². The van der Waals surface area contributed by atoms with Crippen LogP contribution in [-0.4, -0.2) is 33.0 Å². The smallest absolute Gasteiger partial charge is 0.416 e. The summed E-state index contributed by atoms with van der Waals surface area (Å²) in [6.07, 6.45) is 0.218. The maximum absolute atomic E-state index is 13.1. The first kappa shape index (κ1) is 25.6. The average molecular weight is 531 g/mol. The molecule has 3 aromatic carbocycles. The number of nitrogens with zero attached hydrogens (tertiary/aromatic N) is 4. The fourth-order valence-electron chi connectivity index (χ4n) is 4.25. The molecule has 5 rings (SSSR count). The van der Waals surface area contributed by atoms with Crippen molar-refractivity contribution in [2.24, 2.45) is 0 Å². The number of alkyl halides is 3. The zero-order valence-electron chi connectivity index (χ0n) is 20.7. The van der Waals surface area contributed by atoms with Gasteiger partial charge in [-0.25, -0.2) is 19.9 Å². The van der Waals surface area contributed by atoms with Gasteiger partial charge in [0.15, 0.2) is 5.82 Å². The molecule has 2 aromatic heterocycles. The van der Waals surface area contributed by atoms with E-state index in [1.54, 1.807) is 42.9 Å². The molecule has 8 nitrogen and oxygen atoms in total. The van der Waals surface area contributed by atoms with Crippen molar-refractivity contribution in [2.45, 2.75) is 13.1 Å². The molecule has 0 spiro atoms. The second kappa shape index (κ2) is 10.0. The van der Waals surface area contributed by atoms with E-state index in [9.17, 15) is 18.0 Å². The second-order valence-corrected chi connectivity index (χ2v) is 8.63. The van der Waals surface area contributed by atoms with Crippen LogP contribution in [0.25, 0.3) is 33.4 Å². The van der Waals surface area contributed by atoms with Gasteiger partial charge in [-0.3, -0.25) is 4.79 Å². The van der Waals surface area contributed by atoms with Gasteiger partial charge in [0.1, 0.15) is 5.75 Å². The van der Waals surface area contributed by atoms with E-state index < -0.39 is 17.6 Å². The lowest BCUT2D eigenvalue weighted by Gasteiger charge is -2.18. The van der Waals surface area contributed by atoms with Gasteiger partial charge >= 0.3 is 6.18 Å². The minimum atomic E-state index is -4.56. The Morgan fingerprint density at radius 3 is 2.46 bits per heavy atom. The number of methoxy groups -OCH3 is 1. The highest BCUT2D eigenvalue weighted by molar-refractivity contribution is 6.05. The summed E-state index contributed by atoms with van der Waals surface area (Å²) in [5.74, 6) is 0.191. The number of carbonyl (C=O) groups is 1. The Balaban J connectivity index is 1.62. The summed E-state index contributed by atoms with van der Waals surface area (Å²) in [4.78, 5) is 30.1. The third-order valence-corrected chi connectivity index (χ3v) is 6.08. The molecule has 0 aliphatic rings. The molecule has 0 fully saturated rings. The van der Waals surface area contributed by atoms with Gasteiger partial charge in [0.25, 0.3) is 5.91 Å². The molecule has 3 N–H and O–H groups in total. The minimum absolute atomic E-state index is 0.0740. The van der Waals surface area contributed by atoms with E-state index in [2.05, 4.69) is 25.3 Å². The topological polar surface area (TPSA) is 116 Å². The fourth-order valence-corrected chi connectivity index (χ4v) is 4.25. The molecule has 0 aliphatic heterocycles. The Kier molecular flexibility index (Phi) is 6.57. The van der Waals surface area contributed by atoms with E-state index in [1.807, 2.05) is 13.0 Å². The highest BCUT2D eigenvalue weighted by atomic mass is 19.4. The first-order valence-corrected chi connectivity index (χ1v) is 11.7. The van der Waals surface area contributed by atoms with Crippen molar-refractivity contribution in [2.75, 3.05) is 18.2 Å². The van der Waals surface area contributed by atoms with Gasteiger partial charge in [0, 0.05) is 40.8 Å². The van der Waals surface area contributed by atoms with E-state index >= 15 is 0 Å². The number of rotatable bonds is 5. The molecule has 0 saturated carbocycles. The summed E-state index contributed by atoms with van der Waals surface area (Å²) in [7, 11) is 1.51. The minimum Gasteiger partial charge on any atom is -0.495 e. The summed E-state index contributed by atoms with van der Waals surface area (Å²) in [5.41, 5.74) is 8.44. The Labute approximate surface area is 220 Å². The number of carbonyl (C=O) groups excluding carboxylic acids is 1. The van der Waals surface area contributed by atoms with Gasteiger partial charge in [-0.15, -0.1) is 0 Å². The van der Waals surface area contributed by atoms with Crippen LogP contribution in [0.3, 0.4) is 0 Å². The van der Waals surface area contributed by atoms with Gasteiger partial charge in [0.05, 0.1) is 23.8 Å². The predicted octanol–water partition coefficient (Wildman–Crippen LogP) is 5.92. The third-order valence-electron chi connectivity index (χ3n) is 6.08. The number of aromatic nitrogens is 4. The summed E-state index contributed by atoms with van der Waals surface area (Å²) in [6, 6.07) is 12.9. The second-order valence-electron chi connectivity index (χ2n) is 8.63. The SMILES string of the molecule is COc1c(-c2cc(NC(=O)c3cccc(C(F)(F)F)c3)ccc2C)cc2cnc(N)nc2c1-c1ncccn1. The molecule has 39 heavy (non-hydrogen) atoms. The predicted molar refractivity (Wildman–Crippen MR) is 141 cm³/mol. The zero-order valence-corrected chi connectivity index (χ0v) is 20.7. The molecule has 0 atom stereocenters. The van der Waals surface area contributed by atoms with Crippen LogP contribution in [0.5, 0.6) is 5.75 Å². The van der Waals surface area contributed by atoms with E-state index in [4.69, 9.17) is 10.5 Å². The molecule has 0 bridgehead atoms. The maximum Gasteiger partial charge on any atom is 0.416 e. The summed E-state index contributed by atoms with van der Waals surface area (Å²) < 4.78 is 45.3. The molecule has 0 saturated heterocycles. The third kappa shape index (κ3) is 5.06. The summed E-state index contributed by atoms with van der Waals surface area (Å²) in [6.45, 7) is 1.88. The van der Waals surface area contributed by atoms with Crippen LogP contribution in [0, 0.1) is 6.92 Å². The van der Waals surface area contributed by atoms with Gasteiger partial charge in [-0.1, -0.05) is 12.1 Å². The molecular weight excluding hydrogens is 509 g/mol. The summed E-state index contributed by atoms with van der Waals surface area (Å²) >= 11 is 0. The molecule has 5 aromatic rings. The molecule has 196 valence electrons. The first-order chi connectivity index (χ1) is 18.7. The monoisotopic (exact) mass is 530 g/mol. The van der Waals surface area contributed by atoms with Crippen molar-refractivity contribution in [1.82, 2.24) is 19.9 Å². The van der Waals surface area contributed by atoms with Crippen molar-refractivity contribution < 1.29 is 22.7 Å². The first-order valence-electron chi connectivity index (χ1n) is 11.7. The molecule has 2 heterocycles. The van der Waals surface area contributed by atoms with Crippen molar-refractivity contribution in [3.8, 4) is 28.3 Å². The Hall–Kier alpha value is -5.06. The zero-order chi connectivity index (χ0) is 27.7. The molecule has 0 aliphatic carbocycles. The van der Waals surface area contributed by atoms with Crippen LogP contribution in [0.15, 0.2) is 73.2 Å². The Morgan fingerprint density at radius 1 is 0.974 bits per heavy atom. The van der Waals surface area contributed by atoms with Crippen molar-refractivity contribution in [1.29, 1.82) is 0 Å². The van der Waals surface area contributed by atoms with E-state index in [1.165, 1.54) is 19.2 Å². The van der Waals surface area contributed by atoms with E-state index in [0.717, 1.165) is 17.7 Å². The largest absolute Gasteiger partial charge is 0.495 e. The van der Waals surface area contributed by atoms with Gasteiger partial charge in [-0.05, 0) is 60.5 Å². The number of nitrogens with one attached hydrogen (secondary N) is 1. The summed E-state index contributed by atoms with van der Waals surface area (Å²) in [5, 5.41) is 3.34. The number of hydrogen-bond acceptors (Lipinski definition) is 7. The number of halogens is 3. The van der Waals surface area contributed by atoms with E-state index in [0.29, 0.717) is 44.9 Å². The van der Waals surface area contributed by atoms with Crippen molar-refractivity contribution in [3.05, 3.63) is 89.9 Å². The van der Waals surface area contributed by atoms with Crippen LogP contribution in [0.4, 0.5) is 24.8 Å². The number of ether oxygens (including phenoxy) is 1. The number of benzene rings is 3. The van der Waals surface area contributed by atoms with E-state index in [-0.39, 0.29) is 11.5 Å². The van der Waals surface area contributed by atoms with Gasteiger partial charge in [0.2, 0.25) is 5.95 Å². The number of nitrogens with two attached hydrogens (primary N) is 1.